The van der Waals surface area contributed by atoms with Crippen LogP contribution < -0.4 is 9.64 Å². The fraction of sp³-hybridized carbons (Fsp3) is 0.152. The highest BCUT2D eigenvalue weighted by Gasteiger charge is 2.49. The van der Waals surface area contributed by atoms with Crippen molar-refractivity contribution in [3.8, 4) is 5.75 Å². The predicted octanol–water partition coefficient (Wildman–Crippen LogP) is 7.38. The number of carbonyl (C=O) groups excluding carboxylic acids is 2. The van der Waals surface area contributed by atoms with E-state index < -0.39 is 17.7 Å². The summed E-state index contributed by atoms with van der Waals surface area (Å²) in [6, 6.07) is 23.1. The van der Waals surface area contributed by atoms with Gasteiger partial charge in [0.25, 0.3) is 5.78 Å². The summed E-state index contributed by atoms with van der Waals surface area (Å²) in [6.07, 6.45) is 0. The maximum Gasteiger partial charge on any atom is 0.302 e. The maximum atomic E-state index is 13.4. The second kappa shape index (κ2) is 12.5. The number of aryl methyl sites for hydroxylation is 2. The van der Waals surface area contributed by atoms with E-state index in [4.69, 9.17) is 9.15 Å². The van der Waals surface area contributed by atoms with Crippen LogP contribution >= 0.6 is 23.1 Å². The number of rotatable bonds is 9. The Balaban J connectivity index is 1.28. The molecule has 5 aromatic rings. The zero-order chi connectivity index (χ0) is 30.8. The van der Waals surface area contributed by atoms with E-state index in [-0.39, 0.29) is 22.3 Å². The van der Waals surface area contributed by atoms with Crippen LogP contribution in [0.5, 0.6) is 5.75 Å². The van der Waals surface area contributed by atoms with Crippen molar-refractivity contribution in [3.63, 3.8) is 0 Å². The van der Waals surface area contributed by atoms with Gasteiger partial charge in [-0.2, -0.15) is 0 Å². The largest absolute Gasteiger partial charge is 0.507 e. The van der Waals surface area contributed by atoms with Crippen molar-refractivity contribution in [3.05, 3.63) is 130 Å². The first-order valence-electron chi connectivity index (χ1n) is 13.6. The molecule has 0 saturated carbocycles. The van der Waals surface area contributed by atoms with E-state index in [1.165, 1.54) is 28.8 Å². The number of nitrogens with zero attached hydrogens (tertiary/aromatic N) is 3. The van der Waals surface area contributed by atoms with Crippen molar-refractivity contribution in [2.75, 3.05) is 4.90 Å². The third-order valence-electron chi connectivity index (χ3n) is 7.14. The molecule has 1 aliphatic heterocycles. The molecule has 0 spiro atoms. The number of aliphatic hydroxyl groups is 1. The summed E-state index contributed by atoms with van der Waals surface area (Å²) in [5, 5.41) is 20.0. The molecule has 1 unspecified atom stereocenters. The molecule has 1 fully saturated rings. The van der Waals surface area contributed by atoms with E-state index in [0.29, 0.717) is 39.5 Å². The minimum absolute atomic E-state index is 0.117. The molecule has 3 heterocycles. The number of benzene rings is 3. The zero-order valence-electron chi connectivity index (χ0n) is 23.7. The van der Waals surface area contributed by atoms with Crippen molar-refractivity contribution < 1.29 is 28.2 Å². The van der Waals surface area contributed by atoms with Crippen LogP contribution in [0.4, 0.5) is 9.52 Å². The average molecular weight is 628 g/mol. The number of furan rings is 1. The van der Waals surface area contributed by atoms with Gasteiger partial charge >= 0.3 is 5.91 Å². The molecule has 1 atom stereocenters. The zero-order valence-corrected chi connectivity index (χ0v) is 25.3. The molecule has 1 amide bonds. The van der Waals surface area contributed by atoms with E-state index >= 15 is 0 Å². The molecule has 0 bridgehead atoms. The summed E-state index contributed by atoms with van der Waals surface area (Å²) in [6.45, 7) is 4.15. The summed E-state index contributed by atoms with van der Waals surface area (Å²) in [5.41, 5.74) is 3.29. The Morgan fingerprint density at radius 3 is 2.45 bits per heavy atom. The van der Waals surface area contributed by atoms with Crippen molar-refractivity contribution >= 4 is 45.7 Å². The number of aromatic nitrogens is 2. The Morgan fingerprint density at radius 2 is 1.75 bits per heavy atom. The SMILES string of the molecule is Cc1ccc(C2/C(=C(\O)c3ccc(OCc4ccccc4C)cc3)C(=O)C(=O)N2c2nnc(SCc3ccc(F)cc3)s2)o1. The number of ketones is 1. The molecule has 0 radical (unpaired) electrons. The van der Waals surface area contributed by atoms with Crippen LogP contribution in [0, 0.1) is 19.7 Å². The standard InChI is InChI=1S/C33H26FN3O5S2/c1-19-5-3-4-6-23(19)17-41-25-14-10-22(11-15-25)29(38)27-28(26-16-7-20(2)42-26)37(31(40)30(27)39)32-35-36-33(44-32)43-18-21-8-12-24(34)13-9-21/h3-16,28,38H,17-18H2,1-2H3/b29-27+. The number of carbonyl (C=O) groups is 2. The number of Topliss-reactive ketones (excluding diaryl/α,β-unsaturated/α-hetero) is 1. The summed E-state index contributed by atoms with van der Waals surface area (Å²) < 4.78 is 25.6. The van der Waals surface area contributed by atoms with Gasteiger partial charge in [0.15, 0.2) is 4.34 Å². The van der Waals surface area contributed by atoms with Crippen LogP contribution in [0.3, 0.4) is 0 Å². The Morgan fingerprint density at radius 1 is 1.00 bits per heavy atom. The van der Waals surface area contributed by atoms with Crippen LogP contribution in [0.15, 0.2) is 99.3 Å². The van der Waals surface area contributed by atoms with Crippen LogP contribution in [-0.4, -0.2) is 27.0 Å². The summed E-state index contributed by atoms with van der Waals surface area (Å²) >= 11 is 2.51. The third-order valence-corrected chi connectivity index (χ3v) is 9.26. The lowest BCUT2D eigenvalue weighted by Gasteiger charge is -2.20. The second-order valence-electron chi connectivity index (χ2n) is 10.1. The third kappa shape index (κ3) is 6.01. The summed E-state index contributed by atoms with van der Waals surface area (Å²) in [7, 11) is 0. The first kappa shape index (κ1) is 29.3. The van der Waals surface area contributed by atoms with Gasteiger partial charge in [-0.3, -0.25) is 14.5 Å². The van der Waals surface area contributed by atoms with Gasteiger partial charge in [-0.15, -0.1) is 10.2 Å². The number of ether oxygens (including phenoxy) is 1. The van der Waals surface area contributed by atoms with E-state index in [0.717, 1.165) is 28.0 Å². The summed E-state index contributed by atoms with van der Waals surface area (Å²) in [4.78, 5) is 28.1. The van der Waals surface area contributed by atoms with E-state index in [1.807, 2.05) is 31.2 Å². The molecule has 0 aliphatic carbocycles. The molecule has 6 rings (SSSR count). The van der Waals surface area contributed by atoms with Crippen molar-refractivity contribution in [2.45, 2.75) is 36.6 Å². The molecule has 11 heteroatoms. The monoisotopic (exact) mass is 627 g/mol. The lowest BCUT2D eigenvalue weighted by Crippen LogP contribution is -2.29. The highest BCUT2D eigenvalue weighted by Crippen LogP contribution is 2.44. The quantitative estimate of drug-likeness (QED) is 0.0593. The van der Waals surface area contributed by atoms with Gasteiger partial charge in [0, 0.05) is 11.3 Å². The fourth-order valence-corrected chi connectivity index (χ4v) is 6.60. The molecule has 8 nitrogen and oxygen atoms in total. The van der Waals surface area contributed by atoms with Gasteiger partial charge in [-0.05, 0) is 79.1 Å². The Kier molecular flexibility index (Phi) is 8.32. The van der Waals surface area contributed by atoms with Crippen molar-refractivity contribution in [2.24, 2.45) is 0 Å². The Labute approximate surface area is 260 Å². The topological polar surface area (TPSA) is 106 Å². The lowest BCUT2D eigenvalue weighted by molar-refractivity contribution is -0.132. The molecular formula is C33H26FN3O5S2. The molecule has 1 N–H and O–H groups in total. The van der Waals surface area contributed by atoms with Crippen molar-refractivity contribution in [1.29, 1.82) is 0 Å². The molecule has 1 saturated heterocycles. The fourth-order valence-electron chi connectivity index (χ4n) is 4.78. The number of halogens is 1. The molecular weight excluding hydrogens is 602 g/mol. The minimum Gasteiger partial charge on any atom is -0.507 e. The van der Waals surface area contributed by atoms with Gasteiger partial charge in [-0.25, -0.2) is 4.39 Å². The van der Waals surface area contributed by atoms with Crippen LogP contribution in [0.25, 0.3) is 5.76 Å². The van der Waals surface area contributed by atoms with Gasteiger partial charge < -0.3 is 14.3 Å². The van der Waals surface area contributed by atoms with Gasteiger partial charge in [0.05, 0.1) is 5.57 Å². The molecule has 2 aromatic heterocycles. The van der Waals surface area contributed by atoms with Gasteiger partial charge in [-0.1, -0.05) is 59.5 Å². The molecule has 222 valence electrons. The van der Waals surface area contributed by atoms with Crippen LogP contribution in [0.1, 0.15) is 39.8 Å². The highest BCUT2D eigenvalue weighted by molar-refractivity contribution is 8.00. The lowest BCUT2D eigenvalue weighted by atomic mass is 9.99. The highest BCUT2D eigenvalue weighted by atomic mass is 32.2. The Bertz CT molecular complexity index is 1860. The predicted molar refractivity (Wildman–Crippen MR) is 166 cm³/mol. The first-order chi connectivity index (χ1) is 21.3. The number of hydrogen-bond donors (Lipinski definition) is 1. The number of thioether (sulfide) groups is 1. The van der Waals surface area contributed by atoms with E-state index in [9.17, 15) is 19.1 Å². The van der Waals surface area contributed by atoms with E-state index in [1.54, 1.807) is 55.5 Å². The average Bonchev–Trinajstić information content (AvgIpc) is 3.74. The smallest absolute Gasteiger partial charge is 0.302 e. The van der Waals surface area contributed by atoms with Crippen LogP contribution in [-0.2, 0) is 21.9 Å². The maximum absolute atomic E-state index is 13.4. The Hall–Kier alpha value is -4.74. The van der Waals surface area contributed by atoms with Gasteiger partial charge in [0.1, 0.15) is 41.5 Å². The number of aliphatic hydroxyl groups excluding tert-OH is 1. The van der Waals surface area contributed by atoms with Crippen LogP contribution in [0.2, 0.25) is 0 Å². The normalized spacial score (nSPS) is 16.1. The molecule has 44 heavy (non-hydrogen) atoms. The van der Waals surface area contributed by atoms with Gasteiger partial charge in [0.2, 0.25) is 5.13 Å². The first-order valence-corrected chi connectivity index (χ1v) is 15.4. The second-order valence-corrected chi connectivity index (χ2v) is 12.3. The molecule has 3 aromatic carbocycles. The molecule has 1 aliphatic rings. The minimum atomic E-state index is -1.05. The van der Waals surface area contributed by atoms with Crippen molar-refractivity contribution in [1.82, 2.24) is 10.2 Å². The number of amides is 1. The summed E-state index contributed by atoms with van der Waals surface area (Å²) in [5.74, 6) is -0.395. The number of hydrogen-bond acceptors (Lipinski definition) is 9. The van der Waals surface area contributed by atoms with E-state index in [2.05, 4.69) is 10.2 Å². The number of anilines is 1.